The van der Waals surface area contributed by atoms with Crippen molar-refractivity contribution < 1.29 is 19.1 Å². The second-order valence-corrected chi connectivity index (χ2v) is 12.4. The highest BCUT2D eigenvalue weighted by molar-refractivity contribution is 5.89. The molecule has 0 bridgehead atoms. The first-order valence-electron chi connectivity index (χ1n) is 14.1. The Morgan fingerprint density at radius 3 is 2.00 bits per heavy atom. The van der Waals surface area contributed by atoms with Gasteiger partial charge in [-0.05, 0) is 111 Å². The molecule has 0 aromatic carbocycles. The summed E-state index contributed by atoms with van der Waals surface area (Å²) in [4.78, 5) is 33.5. The van der Waals surface area contributed by atoms with E-state index in [-0.39, 0.29) is 29.6 Å². The molecule has 4 aliphatic rings. The molecule has 6 rings (SSSR count). The molecule has 2 heterocycles. The fourth-order valence-corrected chi connectivity index (χ4v) is 8.86. The van der Waals surface area contributed by atoms with Crippen molar-refractivity contribution >= 4 is 11.9 Å². The van der Waals surface area contributed by atoms with Crippen LogP contribution in [0.25, 0.3) is 0 Å². The predicted octanol–water partition coefficient (Wildman–Crippen LogP) is 6.27. The van der Waals surface area contributed by atoms with Crippen LogP contribution in [0, 0.1) is 34.5 Å². The maximum Gasteiger partial charge on any atom is 0.338 e. The van der Waals surface area contributed by atoms with E-state index in [1.165, 1.54) is 19.3 Å². The molecule has 4 fully saturated rings. The third-order valence-corrected chi connectivity index (χ3v) is 10.9. The minimum Gasteiger partial charge on any atom is -0.459 e. The number of hydrogen-bond donors (Lipinski definition) is 0. The zero-order chi connectivity index (χ0) is 25.6. The first kappa shape index (κ1) is 24.6. The van der Waals surface area contributed by atoms with Crippen LogP contribution in [0.15, 0.2) is 49.1 Å². The van der Waals surface area contributed by atoms with Gasteiger partial charge in [-0.1, -0.05) is 13.8 Å². The van der Waals surface area contributed by atoms with Gasteiger partial charge in [0.05, 0.1) is 11.1 Å². The summed E-state index contributed by atoms with van der Waals surface area (Å²) in [7, 11) is 0. The molecular weight excluding hydrogens is 464 g/mol. The van der Waals surface area contributed by atoms with Gasteiger partial charge in [-0.2, -0.15) is 0 Å². The lowest BCUT2D eigenvalue weighted by molar-refractivity contribution is -0.135. The van der Waals surface area contributed by atoms with Crippen molar-refractivity contribution in [2.24, 2.45) is 34.5 Å². The first-order valence-corrected chi connectivity index (χ1v) is 14.1. The molecule has 2 aromatic rings. The van der Waals surface area contributed by atoms with Gasteiger partial charge in [0, 0.05) is 30.2 Å². The number of pyridine rings is 2. The molecule has 4 aliphatic carbocycles. The summed E-state index contributed by atoms with van der Waals surface area (Å²) in [6, 6.07) is 6.92. The number of nitrogens with zero attached hydrogens (tertiary/aromatic N) is 2. The Bertz CT molecular complexity index is 1140. The van der Waals surface area contributed by atoms with Crippen LogP contribution in [-0.2, 0) is 9.47 Å². The molecule has 196 valence electrons. The Kier molecular flexibility index (Phi) is 6.32. The quantitative estimate of drug-likeness (QED) is 0.459. The third-order valence-electron chi connectivity index (χ3n) is 10.9. The summed E-state index contributed by atoms with van der Waals surface area (Å²) in [5.41, 5.74) is 1.53. The second kappa shape index (κ2) is 9.52. The third kappa shape index (κ3) is 4.26. The van der Waals surface area contributed by atoms with E-state index < -0.39 is 0 Å². The van der Waals surface area contributed by atoms with Crippen LogP contribution in [0.1, 0.15) is 92.4 Å². The van der Waals surface area contributed by atoms with Gasteiger partial charge in [-0.15, -0.1) is 0 Å². The fraction of sp³-hybridized carbons (Fsp3) is 0.613. The summed E-state index contributed by atoms with van der Waals surface area (Å²) < 4.78 is 12.1. The van der Waals surface area contributed by atoms with E-state index in [1.807, 2.05) is 0 Å². The zero-order valence-corrected chi connectivity index (χ0v) is 22.0. The topological polar surface area (TPSA) is 78.4 Å². The number of carbonyl (C=O) groups is 2. The zero-order valence-electron chi connectivity index (χ0n) is 22.0. The standard InChI is InChI=1S/C31H38N2O4/c1-30-13-7-23(36-28(34)20-9-15-32-16-10-20)19-22(30)3-4-24-25-5-6-27(31(25,2)14-8-26(24)30)37-29(35)21-11-17-33-18-12-21/h9-12,15-18,22-27H,3-8,13-14,19H2,1-2H3/t22-,23+,24-,25-,26-,27-,30-,31-/m0/s1. The van der Waals surface area contributed by atoms with Gasteiger partial charge in [0.1, 0.15) is 12.2 Å². The number of aromatic nitrogens is 2. The lowest BCUT2D eigenvalue weighted by atomic mass is 9.45. The SMILES string of the molecule is C[C@]12CC[C@@H](OC(=O)c3ccncc3)C[C@@H]1CC[C@@H]1[C@@H]2CC[C@]2(C)[C@@H](OC(=O)c3ccncc3)CC[C@@H]12. The highest BCUT2D eigenvalue weighted by atomic mass is 16.5. The molecular formula is C31H38N2O4. The largest absolute Gasteiger partial charge is 0.459 e. The highest BCUT2D eigenvalue weighted by Gasteiger charge is 2.61. The molecule has 0 saturated heterocycles. The smallest absolute Gasteiger partial charge is 0.338 e. The summed E-state index contributed by atoms with van der Waals surface area (Å²) in [5, 5.41) is 0. The van der Waals surface area contributed by atoms with Crippen LogP contribution < -0.4 is 0 Å². The molecule has 0 spiro atoms. The maximum atomic E-state index is 12.8. The number of rotatable bonds is 4. The molecule has 0 amide bonds. The number of hydrogen-bond acceptors (Lipinski definition) is 6. The molecule has 6 heteroatoms. The van der Waals surface area contributed by atoms with E-state index in [0.29, 0.717) is 40.2 Å². The molecule has 37 heavy (non-hydrogen) atoms. The molecule has 8 atom stereocenters. The first-order chi connectivity index (χ1) is 17.9. The normalized spacial score (nSPS) is 38.5. The van der Waals surface area contributed by atoms with Gasteiger partial charge >= 0.3 is 11.9 Å². The van der Waals surface area contributed by atoms with Crippen LogP contribution >= 0.6 is 0 Å². The van der Waals surface area contributed by atoms with Crippen LogP contribution in [0.4, 0.5) is 0 Å². The molecule has 6 nitrogen and oxygen atoms in total. The van der Waals surface area contributed by atoms with Crippen molar-refractivity contribution in [2.75, 3.05) is 0 Å². The molecule has 4 saturated carbocycles. The van der Waals surface area contributed by atoms with Crippen molar-refractivity contribution in [1.29, 1.82) is 0 Å². The van der Waals surface area contributed by atoms with E-state index in [4.69, 9.17) is 9.47 Å². The Hall–Kier alpha value is -2.76. The van der Waals surface area contributed by atoms with Gasteiger partial charge in [-0.25, -0.2) is 9.59 Å². The molecule has 0 radical (unpaired) electrons. The number of ether oxygens (including phenoxy) is 2. The van der Waals surface area contributed by atoms with Crippen LogP contribution in [0.2, 0.25) is 0 Å². The van der Waals surface area contributed by atoms with E-state index in [0.717, 1.165) is 38.5 Å². The van der Waals surface area contributed by atoms with Crippen LogP contribution in [0.3, 0.4) is 0 Å². The average Bonchev–Trinajstić information content (AvgIpc) is 3.25. The number of carbonyl (C=O) groups excluding carboxylic acids is 2. The molecule has 0 aliphatic heterocycles. The van der Waals surface area contributed by atoms with E-state index in [9.17, 15) is 9.59 Å². The Balaban J connectivity index is 1.12. The minimum absolute atomic E-state index is 0.00650. The van der Waals surface area contributed by atoms with Crippen molar-refractivity contribution in [3.8, 4) is 0 Å². The van der Waals surface area contributed by atoms with Gasteiger partial charge in [0.25, 0.3) is 0 Å². The van der Waals surface area contributed by atoms with Crippen LogP contribution in [0.5, 0.6) is 0 Å². The second-order valence-electron chi connectivity index (χ2n) is 12.4. The fourth-order valence-electron chi connectivity index (χ4n) is 8.86. The Morgan fingerprint density at radius 2 is 1.32 bits per heavy atom. The van der Waals surface area contributed by atoms with Crippen molar-refractivity contribution in [2.45, 2.75) is 83.8 Å². The van der Waals surface area contributed by atoms with Gasteiger partial charge in [0.2, 0.25) is 0 Å². The average molecular weight is 503 g/mol. The lowest BCUT2D eigenvalue weighted by Crippen LogP contribution is -2.55. The Morgan fingerprint density at radius 1 is 0.730 bits per heavy atom. The number of esters is 2. The molecule has 0 unspecified atom stereocenters. The van der Waals surface area contributed by atoms with E-state index in [1.54, 1.807) is 49.1 Å². The summed E-state index contributed by atoms with van der Waals surface area (Å²) in [6.45, 7) is 4.91. The van der Waals surface area contributed by atoms with Gasteiger partial charge < -0.3 is 9.47 Å². The lowest BCUT2D eigenvalue weighted by Gasteiger charge is -2.60. The summed E-state index contributed by atoms with van der Waals surface area (Å²) >= 11 is 0. The highest BCUT2D eigenvalue weighted by Crippen LogP contribution is 2.66. The van der Waals surface area contributed by atoms with Crippen molar-refractivity contribution in [3.05, 3.63) is 60.2 Å². The Labute approximate surface area is 219 Å². The predicted molar refractivity (Wildman–Crippen MR) is 139 cm³/mol. The minimum atomic E-state index is -0.226. The maximum absolute atomic E-state index is 12.8. The summed E-state index contributed by atoms with van der Waals surface area (Å²) in [5.74, 6) is 2.17. The monoisotopic (exact) mass is 502 g/mol. The van der Waals surface area contributed by atoms with Crippen molar-refractivity contribution in [3.63, 3.8) is 0 Å². The van der Waals surface area contributed by atoms with E-state index >= 15 is 0 Å². The number of fused-ring (bicyclic) bond motifs is 5. The summed E-state index contributed by atoms with van der Waals surface area (Å²) in [6.07, 6.45) is 16.5. The molecule has 2 aromatic heterocycles. The molecule has 0 N–H and O–H groups in total. The van der Waals surface area contributed by atoms with Crippen LogP contribution in [-0.4, -0.2) is 34.1 Å². The van der Waals surface area contributed by atoms with Gasteiger partial charge in [0.15, 0.2) is 0 Å². The van der Waals surface area contributed by atoms with E-state index in [2.05, 4.69) is 23.8 Å². The van der Waals surface area contributed by atoms with Gasteiger partial charge in [-0.3, -0.25) is 9.97 Å². The van der Waals surface area contributed by atoms with Crippen molar-refractivity contribution in [1.82, 2.24) is 9.97 Å².